The SMILES string of the molecule is CO[C@@H](C)C(=O)NCc1cccc(NC(=O)Nc2ccccc2)c1. The lowest BCUT2D eigenvalue weighted by molar-refractivity contribution is -0.130. The molecule has 0 fully saturated rings. The first-order valence-corrected chi connectivity index (χ1v) is 7.61. The topological polar surface area (TPSA) is 79.5 Å². The Morgan fingerprint density at radius 2 is 1.67 bits per heavy atom. The second kappa shape index (κ2) is 8.69. The van der Waals surface area contributed by atoms with Crippen LogP contribution >= 0.6 is 0 Å². The van der Waals surface area contributed by atoms with Crippen molar-refractivity contribution in [3.8, 4) is 0 Å². The molecule has 6 nitrogen and oxygen atoms in total. The van der Waals surface area contributed by atoms with Crippen LogP contribution in [-0.4, -0.2) is 25.2 Å². The number of carbonyl (C=O) groups is 2. The monoisotopic (exact) mass is 327 g/mol. The minimum Gasteiger partial charge on any atom is -0.372 e. The van der Waals surface area contributed by atoms with Crippen molar-refractivity contribution in [2.75, 3.05) is 17.7 Å². The Morgan fingerprint density at radius 1 is 1.00 bits per heavy atom. The summed E-state index contributed by atoms with van der Waals surface area (Å²) in [6.45, 7) is 2.05. The summed E-state index contributed by atoms with van der Waals surface area (Å²) in [7, 11) is 1.49. The van der Waals surface area contributed by atoms with Gasteiger partial charge in [-0.25, -0.2) is 4.79 Å². The third-order valence-electron chi connectivity index (χ3n) is 3.41. The van der Waals surface area contributed by atoms with Crippen LogP contribution < -0.4 is 16.0 Å². The van der Waals surface area contributed by atoms with Gasteiger partial charge in [-0.05, 0) is 36.8 Å². The van der Waals surface area contributed by atoms with Gasteiger partial charge in [-0.1, -0.05) is 30.3 Å². The van der Waals surface area contributed by atoms with E-state index in [1.807, 2.05) is 48.5 Å². The molecule has 0 aliphatic carbocycles. The third kappa shape index (κ3) is 5.40. The number of ether oxygens (including phenoxy) is 1. The molecule has 2 rings (SSSR count). The number of nitrogens with one attached hydrogen (secondary N) is 3. The number of urea groups is 1. The highest BCUT2D eigenvalue weighted by Crippen LogP contribution is 2.12. The second-order valence-electron chi connectivity index (χ2n) is 5.24. The van der Waals surface area contributed by atoms with E-state index < -0.39 is 6.10 Å². The van der Waals surface area contributed by atoms with Crippen molar-refractivity contribution < 1.29 is 14.3 Å². The molecular formula is C18H21N3O3. The van der Waals surface area contributed by atoms with Gasteiger partial charge in [0.15, 0.2) is 0 Å². The molecule has 126 valence electrons. The lowest BCUT2D eigenvalue weighted by atomic mass is 10.2. The summed E-state index contributed by atoms with van der Waals surface area (Å²) in [5.74, 6) is -0.183. The molecule has 2 aromatic rings. The Morgan fingerprint density at radius 3 is 2.38 bits per heavy atom. The second-order valence-corrected chi connectivity index (χ2v) is 5.24. The number of benzene rings is 2. The zero-order valence-corrected chi connectivity index (χ0v) is 13.7. The van der Waals surface area contributed by atoms with Crippen LogP contribution in [0.5, 0.6) is 0 Å². The van der Waals surface area contributed by atoms with Gasteiger partial charge in [-0.15, -0.1) is 0 Å². The molecule has 0 heterocycles. The van der Waals surface area contributed by atoms with Crippen molar-refractivity contribution in [3.63, 3.8) is 0 Å². The molecule has 3 amide bonds. The fourth-order valence-electron chi connectivity index (χ4n) is 2.01. The molecule has 3 N–H and O–H groups in total. The Kier molecular flexibility index (Phi) is 6.33. The highest BCUT2D eigenvalue weighted by atomic mass is 16.5. The molecule has 0 saturated carbocycles. The number of amides is 3. The van der Waals surface area contributed by atoms with Crippen LogP contribution in [0.15, 0.2) is 54.6 Å². The van der Waals surface area contributed by atoms with Crippen LogP contribution in [0, 0.1) is 0 Å². The minimum absolute atomic E-state index is 0.183. The van der Waals surface area contributed by atoms with Crippen LogP contribution in [0.1, 0.15) is 12.5 Å². The number of para-hydroxylation sites is 1. The van der Waals surface area contributed by atoms with Crippen molar-refractivity contribution in [2.24, 2.45) is 0 Å². The minimum atomic E-state index is -0.497. The average Bonchev–Trinajstić information content (AvgIpc) is 2.60. The van der Waals surface area contributed by atoms with E-state index in [1.54, 1.807) is 13.0 Å². The zero-order valence-electron chi connectivity index (χ0n) is 13.7. The van der Waals surface area contributed by atoms with Gasteiger partial charge in [-0.3, -0.25) is 4.79 Å². The van der Waals surface area contributed by atoms with E-state index in [0.29, 0.717) is 17.9 Å². The molecule has 0 aromatic heterocycles. The summed E-state index contributed by atoms with van der Waals surface area (Å²) in [5, 5.41) is 8.29. The molecule has 6 heteroatoms. The molecule has 0 aliphatic heterocycles. The van der Waals surface area contributed by atoms with Crippen molar-refractivity contribution in [1.82, 2.24) is 5.32 Å². The van der Waals surface area contributed by atoms with Crippen LogP contribution in [0.2, 0.25) is 0 Å². The molecule has 0 unspecified atom stereocenters. The summed E-state index contributed by atoms with van der Waals surface area (Å²) in [6.07, 6.45) is -0.497. The molecule has 0 saturated heterocycles. The van der Waals surface area contributed by atoms with E-state index in [0.717, 1.165) is 5.56 Å². The molecule has 24 heavy (non-hydrogen) atoms. The molecular weight excluding hydrogens is 306 g/mol. The predicted molar refractivity (Wildman–Crippen MR) is 93.8 cm³/mol. The highest BCUT2D eigenvalue weighted by molar-refractivity contribution is 5.99. The number of methoxy groups -OCH3 is 1. The Hall–Kier alpha value is -2.86. The van der Waals surface area contributed by atoms with E-state index in [1.165, 1.54) is 7.11 Å². The van der Waals surface area contributed by atoms with Gasteiger partial charge in [0.1, 0.15) is 6.10 Å². The maximum absolute atomic E-state index is 12.0. The van der Waals surface area contributed by atoms with Crippen molar-refractivity contribution in [3.05, 3.63) is 60.2 Å². The van der Waals surface area contributed by atoms with Crippen molar-refractivity contribution in [1.29, 1.82) is 0 Å². The van der Waals surface area contributed by atoms with Crippen molar-refractivity contribution >= 4 is 23.3 Å². The van der Waals surface area contributed by atoms with Gasteiger partial charge in [0, 0.05) is 25.0 Å². The number of rotatable bonds is 6. The van der Waals surface area contributed by atoms with E-state index in [-0.39, 0.29) is 11.9 Å². The number of hydrogen-bond acceptors (Lipinski definition) is 3. The zero-order chi connectivity index (χ0) is 17.4. The summed E-state index contributed by atoms with van der Waals surface area (Å²) in [4.78, 5) is 23.7. The Balaban J connectivity index is 1.90. The smallest absolute Gasteiger partial charge is 0.323 e. The molecule has 1 atom stereocenters. The molecule has 2 aromatic carbocycles. The fourth-order valence-corrected chi connectivity index (χ4v) is 2.01. The highest BCUT2D eigenvalue weighted by Gasteiger charge is 2.10. The standard InChI is InChI=1S/C18H21N3O3/c1-13(24-2)17(22)19-12-14-7-6-10-16(11-14)21-18(23)20-15-8-4-3-5-9-15/h3-11,13H,12H2,1-2H3,(H,19,22)(H2,20,21,23)/t13-/m0/s1. The maximum atomic E-state index is 12.0. The summed E-state index contributed by atoms with van der Waals surface area (Å²) in [5.41, 5.74) is 2.24. The maximum Gasteiger partial charge on any atom is 0.323 e. The van der Waals surface area contributed by atoms with E-state index >= 15 is 0 Å². The first kappa shape index (κ1) is 17.5. The first-order valence-electron chi connectivity index (χ1n) is 7.61. The van der Waals surface area contributed by atoms with Gasteiger partial charge >= 0.3 is 6.03 Å². The normalized spacial score (nSPS) is 11.4. The molecule has 0 spiro atoms. The van der Waals surface area contributed by atoms with Crippen molar-refractivity contribution in [2.45, 2.75) is 19.6 Å². The lowest BCUT2D eigenvalue weighted by Gasteiger charge is -2.12. The predicted octanol–water partition coefficient (Wildman–Crippen LogP) is 2.98. The summed E-state index contributed by atoms with van der Waals surface area (Å²) >= 11 is 0. The van der Waals surface area contributed by atoms with E-state index in [4.69, 9.17) is 4.74 Å². The Labute approximate surface area is 141 Å². The van der Waals surface area contributed by atoms with Gasteiger partial charge < -0.3 is 20.7 Å². The Bertz CT molecular complexity index is 689. The average molecular weight is 327 g/mol. The van der Waals surface area contributed by atoms with Gasteiger partial charge in [0.05, 0.1) is 0 Å². The number of anilines is 2. The van der Waals surface area contributed by atoms with Gasteiger partial charge in [-0.2, -0.15) is 0 Å². The van der Waals surface area contributed by atoms with E-state index in [9.17, 15) is 9.59 Å². The van der Waals surface area contributed by atoms with Gasteiger partial charge in [0.25, 0.3) is 0 Å². The molecule has 0 radical (unpaired) electrons. The number of hydrogen-bond donors (Lipinski definition) is 3. The van der Waals surface area contributed by atoms with Gasteiger partial charge in [0.2, 0.25) is 5.91 Å². The van der Waals surface area contributed by atoms with Crippen LogP contribution in [-0.2, 0) is 16.1 Å². The quantitative estimate of drug-likeness (QED) is 0.763. The largest absolute Gasteiger partial charge is 0.372 e. The third-order valence-corrected chi connectivity index (χ3v) is 3.41. The van der Waals surface area contributed by atoms with Crippen LogP contribution in [0.4, 0.5) is 16.2 Å². The summed E-state index contributed by atoms with van der Waals surface area (Å²) in [6, 6.07) is 16.2. The van der Waals surface area contributed by atoms with E-state index in [2.05, 4.69) is 16.0 Å². The number of carbonyl (C=O) groups excluding carboxylic acids is 2. The fraction of sp³-hybridized carbons (Fsp3) is 0.222. The van der Waals surface area contributed by atoms with Crippen LogP contribution in [0.25, 0.3) is 0 Å². The molecule has 0 bridgehead atoms. The molecule has 0 aliphatic rings. The van der Waals surface area contributed by atoms with Crippen LogP contribution in [0.3, 0.4) is 0 Å². The summed E-state index contributed by atoms with van der Waals surface area (Å²) < 4.78 is 4.96. The first-order chi connectivity index (χ1) is 11.6. The lowest BCUT2D eigenvalue weighted by Crippen LogP contribution is -2.33.